The molecule has 0 radical (unpaired) electrons. The highest BCUT2D eigenvalue weighted by molar-refractivity contribution is 6.31. The standard InChI is InChI=1S/C18H16ClN3O2/c1-12-8-15(23)6-7-17(12)21-11-14(9-20)18(24)22-10-13-4-2-3-5-16(13)19/h2-8,11,21,23H,10H2,1H3,(H,22,24)/b14-11-. The van der Waals surface area contributed by atoms with E-state index in [2.05, 4.69) is 10.6 Å². The number of nitriles is 1. The van der Waals surface area contributed by atoms with Gasteiger partial charge in [0.05, 0.1) is 0 Å². The van der Waals surface area contributed by atoms with Crippen LogP contribution in [0.4, 0.5) is 5.69 Å². The van der Waals surface area contributed by atoms with Crippen LogP contribution in [0.5, 0.6) is 5.75 Å². The number of halogens is 1. The number of benzene rings is 2. The molecule has 0 unspecified atom stereocenters. The number of aryl methyl sites for hydroxylation is 1. The Hall–Kier alpha value is -2.97. The Kier molecular flexibility index (Phi) is 5.83. The van der Waals surface area contributed by atoms with E-state index in [0.717, 1.165) is 11.1 Å². The lowest BCUT2D eigenvalue weighted by atomic mass is 10.2. The van der Waals surface area contributed by atoms with Crippen molar-refractivity contribution in [2.45, 2.75) is 13.5 Å². The van der Waals surface area contributed by atoms with Crippen molar-refractivity contribution in [2.24, 2.45) is 0 Å². The summed E-state index contributed by atoms with van der Waals surface area (Å²) in [7, 11) is 0. The summed E-state index contributed by atoms with van der Waals surface area (Å²) < 4.78 is 0. The number of aromatic hydroxyl groups is 1. The molecular weight excluding hydrogens is 326 g/mol. The molecule has 1 amide bonds. The van der Waals surface area contributed by atoms with Crippen LogP contribution in [-0.4, -0.2) is 11.0 Å². The van der Waals surface area contributed by atoms with Crippen molar-refractivity contribution in [3.63, 3.8) is 0 Å². The molecule has 2 rings (SSSR count). The molecule has 0 saturated carbocycles. The summed E-state index contributed by atoms with van der Waals surface area (Å²) in [5.74, 6) is -0.346. The van der Waals surface area contributed by atoms with E-state index in [1.807, 2.05) is 12.1 Å². The Morgan fingerprint density at radius 2 is 2.08 bits per heavy atom. The van der Waals surface area contributed by atoms with Gasteiger partial charge in [0.2, 0.25) is 0 Å². The number of amides is 1. The summed E-state index contributed by atoms with van der Waals surface area (Å²) in [6.45, 7) is 2.04. The molecule has 2 aromatic carbocycles. The summed E-state index contributed by atoms with van der Waals surface area (Å²) in [6, 6.07) is 13.8. The van der Waals surface area contributed by atoms with Crippen LogP contribution in [0.1, 0.15) is 11.1 Å². The lowest BCUT2D eigenvalue weighted by Gasteiger charge is -2.08. The molecule has 24 heavy (non-hydrogen) atoms. The molecule has 0 heterocycles. The first-order valence-electron chi connectivity index (χ1n) is 7.19. The van der Waals surface area contributed by atoms with Crippen molar-refractivity contribution in [1.29, 1.82) is 5.26 Å². The summed E-state index contributed by atoms with van der Waals surface area (Å²) in [5, 5.41) is 24.6. The predicted octanol–water partition coefficient (Wildman–Crippen LogP) is 3.49. The number of rotatable bonds is 5. The maximum atomic E-state index is 12.1. The Bertz CT molecular complexity index is 825. The summed E-state index contributed by atoms with van der Waals surface area (Å²) in [5.41, 5.74) is 2.20. The minimum atomic E-state index is -0.499. The lowest BCUT2D eigenvalue weighted by Crippen LogP contribution is -2.24. The third-order valence-corrected chi connectivity index (χ3v) is 3.71. The molecule has 0 aliphatic rings. The minimum Gasteiger partial charge on any atom is -0.508 e. The Morgan fingerprint density at radius 3 is 2.75 bits per heavy atom. The van der Waals surface area contributed by atoms with Crippen LogP contribution in [0.3, 0.4) is 0 Å². The second-order valence-electron chi connectivity index (χ2n) is 5.09. The highest BCUT2D eigenvalue weighted by Crippen LogP contribution is 2.20. The average Bonchev–Trinajstić information content (AvgIpc) is 2.56. The van der Waals surface area contributed by atoms with Crippen LogP contribution in [-0.2, 0) is 11.3 Å². The number of hydrogen-bond acceptors (Lipinski definition) is 4. The minimum absolute atomic E-state index is 0.0606. The van der Waals surface area contributed by atoms with Gasteiger partial charge in [-0.1, -0.05) is 29.8 Å². The zero-order chi connectivity index (χ0) is 17.5. The van der Waals surface area contributed by atoms with Gasteiger partial charge in [-0.25, -0.2) is 0 Å². The van der Waals surface area contributed by atoms with Crippen LogP contribution in [0.15, 0.2) is 54.2 Å². The van der Waals surface area contributed by atoms with E-state index in [-0.39, 0.29) is 17.9 Å². The van der Waals surface area contributed by atoms with Crippen LogP contribution in [0, 0.1) is 18.3 Å². The number of anilines is 1. The summed E-state index contributed by atoms with van der Waals surface area (Å²) >= 11 is 6.03. The highest BCUT2D eigenvalue weighted by atomic mass is 35.5. The van der Waals surface area contributed by atoms with Gasteiger partial charge in [0.1, 0.15) is 17.4 Å². The SMILES string of the molecule is Cc1cc(O)ccc1N/C=C(/C#N)C(=O)NCc1ccccc1Cl. The maximum absolute atomic E-state index is 12.1. The van der Waals surface area contributed by atoms with Crippen LogP contribution < -0.4 is 10.6 Å². The Balaban J connectivity index is 2.03. The smallest absolute Gasteiger partial charge is 0.263 e. The van der Waals surface area contributed by atoms with E-state index in [1.165, 1.54) is 12.3 Å². The van der Waals surface area contributed by atoms with E-state index >= 15 is 0 Å². The van der Waals surface area contributed by atoms with Gasteiger partial charge in [0.25, 0.3) is 5.91 Å². The first-order valence-corrected chi connectivity index (χ1v) is 7.57. The van der Waals surface area contributed by atoms with Gasteiger partial charge in [-0.3, -0.25) is 4.79 Å². The fourth-order valence-electron chi connectivity index (χ4n) is 2.02. The van der Waals surface area contributed by atoms with Gasteiger partial charge in [-0.15, -0.1) is 0 Å². The van der Waals surface area contributed by atoms with Crippen molar-refractivity contribution in [2.75, 3.05) is 5.32 Å². The quantitative estimate of drug-likeness (QED) is 0.441. The molecule has 0 spiro atoms. The molecular formula is C18H16ClN3O2. The van der Waals surface area contributed by atoms with Crippen molar-refractivity contribution >= 4 is 23.2 Å². The average molecular weight is 342 g/mol. The second-order valence-corrected chi connectivity index (χ2v) is 5.49. The van der Waals surface area contributed by atoms with E-state index in [9.17, 15) is 9.90 Å². The molecule has 0 fully saturated rings. The van der Waals surface area contributed by atoms with Crippen LogP contribution in [0.25, 0.3) is 0 Å². The zero-order valence-electron chi connectivity index (χ0n) is 13.0. The summed E-state index contributed by atoms with van der Waals surface area (Å²) in [6.07, 6.45) is 1.33. The van der Waals surface area contributed by atoms with E-state index in [4.69, 9.17) is 16.9 Å². The number of hydrogen-bond donors (Lipinski definition) is 3. The van der Waals surface area contributed by atoms with Crippen LogP contribution >= 0.6 is 11.6 Å². The van der Waals surface area contributed by atoms with Gasteiger partial charge < -0.3 is 15.7 Å². The second kappa shape index (κ2) is 8.04. The fraction of sp³-hybridized carbons (Fsp3) is 0.111. The van der Waals surface area contributed by atoms with Gasteiger partial charge in [0, 0.05) is 23.5 Å². The van der Waals surface area contributed by atoms with E-state index < -0.39 is 5.91 Å². The predicted molar refractivity (Wildman–Crippen MR) is 93.5 cm³/mol. The van der Waals surface area contributed by atoms with Crippen molar-refractivity contribution in [3.8, 4) is 11.8 Å². The molecule has 0 aliphatic heterocycles. The Labute approximate surface area is 145 Å². The molecule has 3 N–H and O–H groups in total. The van der Waals surface area contributed by atoms with Crippen molar-refractivity contribution in [3.05, 3.63) is 70.4 Å². The first kappa shape index (κ1) is 17.4. The monoisotopic (exact) mass is 341 g/mol. The van der Waals surface area contributed by atoms with Crippen LogP contribution in [0.2, 0.25) is 5.02 Å². The third-order valence-electron chi connectivity index (χ3n) is 3.34. The molecule has 0 atom stereocenters. The van der Waals surface area contributed by atoms with Crippen molar-refractivity contribution in [1.82, 2.24) is 5.32 Å². The first-order chi connectivity index (χ1) is 11.5. The highest BCUT2D eigenvalue weighted by Gasteiger charge is 2.09. The van der Waals surface area contributed by atoms with Crippen molar-refractivity contribution < 1.29 is 9.90 Å². The molecule has 0 aliphatic carbocycles. The molecule has 6 heteroatoms. The maximum Gasteiger partial charge on any atom is 0.263 e. The fourth-order valence-corrected chi connectivity index (χ4v) is 2.22. The molecule has 0 aromatic heterocycles. The third kappa shape index (κ3) is 4.51. The molecule has 0 bridgehead atoms. The summed E-state index contributed by atoms with van der Waals surface area (Å²) in [4.78, 5) is 12.1. The van der Waals surface area contributed by atoms with E-state index in [1.54, 1.807) is 37.3 Å². The normalized spacial score (nSPS) is 10.8. The van der Waals surface area contributed by atoms with Gasteiger partial charge in [0.15, 0.2) is 0 Å². The number of carbonyl (C=O) groups is 1. The van der Waals surface area contributed by atoms with Gasteiger partial charge >= 0.3 is 0 Å². The van der Waals surface area contributed by atoms with Gasteiger partial charge in [-0.05, 0) is 42.3 Å². The molecule has 122 valence electrons. The molecule has 2 aromatic rings. The topological polar surface area (TPSA) is 85.2 Å². The largest absolute Gasteiger partial charge is 0.508 e. The lowest BCUT2D eigenvalue weighted by molar-refractivity contribution is -0.117. The number of phenols is 1. The molecule has 5 nitrogen and oxygen atoms in total. The van der Waals surface area contributed by atoms with Gasteiger partial charge in [-0.2, -0.15) is 5.26 Å². The number of nitrogens with one attached hydrogen (secondary N) is 2. The number of phenolic OH excluding ortho intramolecular Hbond substituents is 1. The zero-order valence-corrected chi connectivity index (χ0v) is 13.8. The Morgan fingerprint density at radius 1 is 1.33 bits per heavy atom. The number of nitrogens with zero attached hydrogens (tertiary/aromatic N) is 1. The molecule has 0 saturated heterocycles. The van der Waals surface area contributed by atoms with E-state index in [0.29, 0.717) is 10.7 Å². The number of carbonyl (C=O) groups excluding carboxylic acids is 1.